The van der Waals surface area contributed by atoms with Gasteiger partial charge in [0.1, 0.15) is 0 Å². The molecule has 0 amide bonds. The van der Waals surface area contributed by atoms with Crippen LogP contribution in [0, 0.1) is 0 Å². The Morgan fingerprint density at radius 2 is 0.913 bits per heavy atom. The molecule has 0 unspecified atom stereocenters. The van der Waals surface area contributed by atoms with Crippen molar-refractivity contribution in [1.29, 1.82) is 0 Å². The maximum absolute atomic E-state index is 3.07. The van der Waals surface area contributed by atoms with E-state index >= 15 is 0 Å². The third-order valence-corrected chi connectivity index (χ3v) is 2.40. The van der Waals surface area contributed by atoms with Crippen molar-refractivity contribution in [3.63, 3.8) is 0 Å². The molecule has 1 nitrogen and oxygen atoms in total. The summed E-state index contributed by atoms with van der Waals surface area (Å²) in [5, 5.41) is 3.07. The van der Waals surface area contributed by atoms with Crippen LogP contribution in [0.2, 0.25) is 0 Å². The first kappa shape index (κ1) is 79.2. The van der Waals surface area contributed by atoms with E-state index in [9.17, 15) is 0 Å². The maximum atomic E-state index is 3.07. The van der Waals surface area contributed by atoms with E-state index in [-0.39, 0.29) is 117 Å². The number of nitrogens with one attached hydrogen (secondary N) is 1. The molecule has 0 aliphatic heterocycles. The molecule has 0 aliphatic rings. The molecule has 0 spiro atoms. The van der Waals surface area contributed by atoms with E-state index in [1.165, 1.54) is 8.45 Å². The molecule has 0 fully saturated rings. The molecule has 136 valence electrons. The average Bonchev–Trinajstić information content (AvgIpc) is 2.39. The van der Waals surface area contributed by atoms with Gasteiger partial charge in [0, 0.05) is 113 Å². The summed E-state index contributed by atoms with van der Waals surface area (Å²) in [6.07, 6.45) is 0. The summed E-state index contributed by atoms with van der Waals surface area (Å²) in [7, 11) is 1.95. The van der Waals surface area contributed by atoms with Gasteiger partial charge in [-0.15, -0.1) is 0 Å². The molecule has 6 radical (unpaired) electrons. The van der Waals surface area contributed by atoms with Crippen molar-refractivity contribution < 1.29 is 181 Å². The quantitative estimate of drug-likeness (QED) is 0.477. The summed E-state index contributed by atoms with van der Waals surface area (Å²) in [6, 6.07) is 0. The molecule has 0 atom stereocenters. The number of rotatable bonds is 3. The van der Waals surface area contributed by atoms with Gasteiger partial charge in [-0.05, 0) is 0 Å². The number of hydrogen-bond donors (Lipinski definition) is 1. The molecule has 0 aromatic carbocycles. The van der Waals surface area contributed by atoms with E-state index in [0.29, 0.717) is 0 Å². The fraction of sp³-hybridized carbons (Fsp3) is 0.818. The van der Waals surface area contributed by atoms with Crippen LogP contribution < -0.4 is 5.32 Å². The van der Waals surface area contributed by atoms with Gasteiger partial charge >= 0.3 is 97.5 Å². The van der Waals surface area contributed by atoms with Crippen molar-refractivity contribution in [3.8, 4) is 0 Å². The Morgan fingerprint density at radius 3 is 0.957 bits per heavy atom. The molecule has 0 bridgehead atoms. The standard InChI is InChI=1S/C5H9N.3C2H6.FH.10V.H2/c1-3-4-5-6-2;3*1-2;;;;;;;;;;;;/h6H,5H2,1-2H3;3*1-2H3;1H;;;;;;;;;;;1H/i;;;;;;;;;;;;;;;1+1. The second-order valence-corrected chi connectivity index (χ2v) is 3.45. The average molecular weight is 706 g/mol. The summed E-state index contributed by atoms with van der Waals surface area (Å²) in [5.74, 6) is 0. The molecular weight excluding hydrogens is 675 g/mol. The Morgan fingerprint density at radius 1 is 0.739 bits per heavy atom. The zero-order valence-corrected chi connectivity index (χ0v) is 29.1. The molecule has 0 heterocycles. The van der Waals surface area contributed by atoms with Crippen LogP contribution in [0.25, 0.3) is 0 Å². The molecule has 0 rings (SSSR count). The topological polar surface area (TPSA) is 12.0 Å². The van der Waals surface area contributed by atoms with Crippen molar-refractivity contribution in [1.82, 2.24) is 5.32 Å². The van der Waals surface area contributed by atoms with Crippen molar-refractivity contribution in [2.24, 2.45) is 0 Å². The summed E-state index contributed by atoms with van der Waals surface area (Å²) < 4.78 is 2.67. The van der Waals surface area contributed by atoms with Gasteiger partial charge in [0.15, 0.2) is 0 Å². The second kappa shape index (κ2) is 106. The van der Waals surface area contributed by atoms with Crippen molar-refractivity contribution in [3.05, 3.63) is 0 Å². The summed E-state index contributed by atoms with van der Waals surface area (Å²) in [5.41, 5.74) is 0. The first-order valence-electron chi connectivity index (χ1n) is 5.60. The SMILES string of the molecule is CC.CC.CC.CNC[C](=[V])[C](C)=[V].F.[2HH].[V].[V].[V].[V].[V].[V].[V]=[V]. The normalized spacial score (nSPS) is 3.83. The van der Waals surface area contributed by atoms with Crippen LogP contribution in [0.1, 0.15) is 49.9 Å². The summed E-state index contributed by atoms with van der Waals surface area (Å²) in [6.45, 7) is 15.1. The fourth-order valence-corrected chi connectivity index (χ4v) is 0.666. The van der Waals surface area contributed by atoms with Gasteiger partial charge in [0.2, 0.25) is 0 Å². The molecule has 0 aromatic heterocycles. The Kier molecular flexibility index (Phi) is 365. The first-order valence-corrected chi connectivity index (χ1v) is 10.2. The van der Waals surface area contributed by atoms with Crippen LogP contribution in [0.4, 0.5) is 4.70 Å². The minimum absolute atomic E-state index is 0. The minimum atomic E-state index is 0. The molecule has 0 aliphatic carbocycles. The Bertz CT molecular complexity index is 148. The summed E-state index contributed by atoms with van der Waals surface area (Å²) >= 11 is 9.59. The van der Waals surface area contributed by atoms with E-state index in [1.807, 2.05) is 48.6 Å². The van der Waals surface area contributed by atoms with Gasteiger partial charge < -0.3 is 0 Å². The molecular formula is C11H30FNV10. The van der Waals surface area contributed by atoms with Crippen LogP contribution in [0.15, 0.2) is 0 Å². The molecule has 0 saturated carbocycles. The van der Waals surface area contributed by atoms with E-state index < -0.39 is 0 Å². The Balaban J connectivity index is -0.00000000619. The number of hydrogen-bond acceptors (Lipinski definition) is 1. The van der Waals surface area contributed by atoms with Crippen LogP contribution in [-0.2, 0) is 175 Å². The monoisotopic (exact) mass is 706 g/mol. The van der Waals surface area contributed by atoms with E-state index in [0.717, 1.165) is 6.54 Å². The van der Waals surface area contributed by atoms with Crippen LogP contribution in [0.5, 0.6) is 0 Å². The summed E-state index contributed by atoms with van der Waals surface area (Å²) in [4.78, 5) is 0. The molecule has 0 saturated heterocycles. The molecule has 0 aromatic rings. The first-order chi connectivity index (χ1) is 7.68. The Hall–Kier alpha value is 5.47. The van der Waals surface area contributed by atoms with Gasteiger partial charge in [0.25, 0.3) is 0 Å². The van der Waals surface area contributed by atoms with Gasteiger partial charge in [-0.2, -0.15) is 0 Å². The Labute approximate surface area is 252 Å². The molecule has 12 heteroatoms. The van der Waals surface area contributed by atoms with Crippen LogP contribution in [0.3, 0.4) is 0 Å². The molecule has 1 N–H and O–H groups in total. The van der Waals surface area contributed by atoms with Crippen LogP contribution >= 0.6 is 0 Å². The third-order valence-electron chi connectivity index (χ3n) is 0.762. The van der Waals surface area contributed by atoms with Gasteiger partial charge in [-0.25, -0.2) is 0 Å². The van der Waals surface area contributed by atoms with Crippen molar-refractivity contribution in [2.75, 3.05) is 13.6 Å². The zero-order chi connectivity index (χ0) is 14.6. The molecule has 23 heavy (non-hydrogen) atoms. The zero-order valence-electron chi connectivity index (χ0n) is 15.1. The van der Waals surface area contributed by atoms with E-state index in [2.05, 4.69) is 75.5 Å². The van der Waals surface area contributed by atoms with Crippen LogP contribution in [-0.4, -0.2) is 22.0 Å². The van der Waals surface area contributed by atoms with Crippen molar-refractivity contribution >= 4 is 8.45 Å². The van der Waals surface area contributed by atoms with Gasteiger partial charge in [-0.1, -0.05) is 41.5 Å². The number of halogens is 1. The predicted octanol–water partition coefficient (Wildman–Crippen LogP) is 3.12. The van der Waals surface area contributed by atoms with Gasteiger partial charge in [0.05, 0.1) is 0 Å². The van der Waals surface area contributed by atoms with Gasteiger partial charge in [-0.3, -0.25) is 4.70 Å². The van der Waals surface area contributed by atoms with Crippen molar-refractivity contribution in [2.45, 2.75) is 48.5 Å². The third kappa shape index (κ3) is 115. The fourth-order valence-electron chi connectivity index (χ4n) is 0.295. The predicted molar refractivity (Wildman–Crippen MR) is 68.3 cm³/mol. The van der Waals surface area contributed by atoms with E-state index in [4.69, 9.17) is 0 Å². The van der Waals surface area contributed by atoms with E-state index in [1.54, 1.807) is 0 Å². The second-order valence-electron chi connectivity index (χ2n) is 1.56.